The third-order valence-electron chi connectivity index (χ3n) is 6.94. The molecule has 244 valence electrons. The van der Waals surface area contributed by atoms with E-state index in [2.05, 4.69) is 20.9 Å². The van der Waals surface area contributed by atoms with Crippen molar-refractivity contribution in [1.82, 2.24) is 20.9 Å². The Labute approximate surface area is 250 Å². The highest BCUT2D eigenvalue weighted by atomic mass is 16.4. The van der Waals surface area contributed by atoms with E-state index in [0.717, 1.165) is 0 Å². The molecule has 17 heteroatoms. The molecule has 1 saturated heterocycles. The van der Waals surface area contributed by atoms with Gasteiger partial charge in [-0.05, 0) is 57.4 Å². The van der Waals surface area contributed by atoms with Crippen molar-refractivity contribution in [3.05, 3.63) is 0 Å². The minimum atomic E-state index is -1.69. The Bertz CT molecular complexity index is 1020. The van der Waals surface area contributed by atoms with Crippen LogP contribution in [0.2, 0.25) is 0 Å². The van der Waals surface area contributed by atoms with Gasteiger partial charge in [-0.15, -0.1) is 0 Å². The summed E-state index contributed by atoms with van der Waals surface area (Å²) in [5, 5.41) is 25.7. The van der Waals surface area contributed by atoms with Crippen LogP contribution in [0.1, 0.15) is 65.2 Å². The summed E-state index contributed by atoms with van der Waals surface area (Å²) in [7, 11) is 0. The van der Waals surface area contributed by atoms with Crippen LogP contribution >= 0.6 is 0 Å². The molecule has 1 aliphatic heterocycles. The number of amides is 4. The first-order chi connectivity index (χ1) is 20.2. The summed E-state index contributed by atoms with van der Waals surface area (Å²) in [4.78, 5) is 80.3. The smallest absolute Gasteiger partial charge is 0.326 e. The van der Waals surface area contributed by atoms with Crippen molar-refractivity contribution in [2.75, 3.05) is 19.6 Å². The van der Waals surface area contributed by atoms with Gasteiger partial charge in [-0.1, -0.05) is 13.8 Å². The fourth-order valence-electron chi connectivity index (χ4n) is 4.60. The number of carbonyl (C=O) groups excluding carboxylic acids is 4. The van der Waals surface area contributed by atoms with E-state index >= 15 is 0 Å². The van der Waals surface area contributed by atoms with Crippen LogP contribution in [-0.4, -0.2) is 106 Å². The van der Waals surface area contributed by atoms with E-state index in [0.29, 0.717) is 45.2 Å². The highest BCUT2D eigenvalue weighted by molar-refractivity contribution is 5.96. The van der Waals surface area contributed by atoms with Crippen LogP contribution in [0.15, 0.2) is 4.99 Å². The molecule has 0 aromatic rings. The lowest BCUT2D eigenvalue weighted by Gasteiger charge is -2.31. The van der Waals surface area contributed by atoms with Gasteiger partial charge >= 0.3 is 11.9 Å². The Morgan fingerprint density at radius 3 is 2.14 bits per heavy atom. The number of nitrogens with one attached hydrogen (secondary N) is 3. The van der Waals surface area contributed by atoms with Gasteiger partial charge in [0.2, 0.25) is 23.6 Å². The van der Waals surface area contributed by atoms with Crippen molar-refractivity contribution in [3.63, 3.8) is 0 Å². The number of carboxylic acid groups (broad SMARTS) is 2. The molecule has 0 unspecified atom stereocenters. The van der Waals surface area contributed by atoms with E-state index in [-0.39, 0.29) is 25.3 Å². The number of hydrogen-bond donors (Lipinski definition) is 9. The molecule has 1 rings (SSSR count). The average Bonchev–Trinajstić information content (AvgIpc) is 3.42. The summed E-state index contributed by atoms with van der Waals surface area (Å²) in [6, 6.07) is -5.72. The maximum Gasteiger partial charge on any atom is 0.326 e. The fraction of sp³-hybridized carbons (Fsp3) is 0.731. The molecule has 5 atom stereocenters. The molecule has 0 aliphatic carbocycles. The summed E-state index contributed by atoms with van der Waals surface area (Å²) in [6.07, 6.45) is 2.08. The van der Waals surface area contributed by atoms with Gasteiger partial charge in [-0.25, -0.2) is 4.79 Å². The SMILES string of the molecule is CC(C)[C@H](NC(=O)[C@@H]1CCCN1C(=O)[C@H](CCCCN)NC(=O)[C@@H](N)CCCN=C(N)N)C(=O)N[C@H](CC(=O)O)C(=O)O. The van der Waals surface area contributed by atoms with E-state index in [1.54, 1.807) is 13.8 Å². The normalized spacial score (nSPS) is 17.3. The number of nitrogens with zero attached hydrogens (tertiary/aromatic N) is 2. The first kappa shape index (κ1) is 37.0. The zero-order valence-electron chi connectivity index (χ0n) is 24.8. The molecule has 13 N–H and O–H groups in total. The molecule has 43 heavy (non-hydrogen) atoms. The van der Waals surface area contributed by atoms with Crippen molar-refractivity contribution in [2.24, 2.45) is 33.8 Å². The number of rotatable bonds is 19. The minimum absolute atomic E-state index is 0.0734. The predicted octanol–water partition coefficient (Wildman–Crippen LogP) is -2.84. The molecule has 0 spiro atoms. The van der Waals surface area contributed by atoms with Crippen LogP contribution in [-0.2, 0) is 28.8 Å². The van der Waals surface area contributed by atoms with Crippen LogP contribution in [0.4, 0.5) is 0 Å². The number of guanidine groups is 1. The van der Waals surface area contributed by atoms with Crippen LogP contribution in [0.25, 0.3) is 0 Å². The second kappa shape index (κ2) is 18.5. The molecule has 0 aromatic heterocycles. The molecule has 0 radical (unpaired) electrons. The second-order valence-electron chi connectivity index (χ2n) is 10.8. The van der Waals surface area contributed by atoms with Gasteiger partial charge in [0.25, 0.3) is 0 Å². The number of carboxylic acids is 2. The van der Waals surface area contributed by atoms with E-state index in [1.165, 1.54) is 4.90 Å². The second-order valence-corrected chi connectivity index (χ2v) is 10.8. The molecule has 17 nitrogen and oxygen atoms in total. The van der Waals surface area contributed by atoms with Gasteiger partial charge in [0.05, 0.1) is 12.5 Å². The van der Waals surface area contributed by atoms with E-state index in [9.17, 15) is 33.9 Å². The topological polar surface area (TPSA) is 299 Å². The van der Waals surface area contributed by atoms with Crippen LogP contribution in [0.3, 0.4) is 0 Å². The van der Waals surface area contributed by atoms with E-state index in [4.69, 9.17) is 28.0 Å². The molecule has 1 heterocycles. The number of aliphatic imine (C=N–C) groups is 1. The van der Waals surface area contributed by atoms with Crippen LogP contribution in [0, 0.1) is 5.92 Å². The Kier molecular flexibility index (Phi) is 16.0. The van der Waals surface area contributed by atoms with E-state index in [1.807, 2.05) is 0 Å². The Morgan fingerprint density at radius 1 is 0.930 bits per heavy atom. The lowest BCUT2D eigenvalue weighted by atomic mass is 10.0. The quantitative estimate of drug-likeness (QED) is 0.0404. The van der Waals surface area contributed by atoms with Crippen molar-refractivity contribution < 1.29 is 39.0 Å². The van der Waals surface area contributed by atoms with Gasteiger partial charge < -0.3 is 54.0 Å². The summed E-state index contributed by atoms with van der Waals surface area (Å²) in [5.74, 6) is -6.04. The summed E-state index contributed by atoms with van der Waals surface area (Å²) >= 11 is 0. The fourth-order valence-corrected chi connectivity index (χ4v) is 4.60. The summed E-state index contributed by atoms with van der Waals surface area (Å²) in [6.45, 7) is 4.17. The zero-order chi connectivity index (χ0) is 32.7. The number of nitrogens with two attached hydrogens (primary N) is 4. The highest BCUT2D eigenvalue weighted by Gasteiger charge is 2.40. The van der Waals surface area contributed by atoms with Gasteiger partial charge in [0, 0.05) is 13.1 Å². The summed E-state index contributed by atoms with van der Waals surface area (Å²) in [5.41, 5.74) is 22.2. The zero-order valence-corrected chi connectivity index (χ0v) is 24.8. The average molecular weight is 614 g/mol. The third kappa shape index (κ3) is 12.8. The lowest BCUT2D eigenvalue weighted by molar-refractivity contribution is -0.147. The van der Waals surface area contributed by atoms with Crippen molar-refractivity contribution >= 4 is 41.5 Å². The largest absolute Gasteiger partial charge is 0.481 e. The van der Waals surface area contributed by atoms with E-state index < -0.39 is 78.1 Å². The molecule has 0 bridgehead atoms. The molecule has 0 aromatic carbocycles. The number of unbranched alkanes of at least 4 members (excludes halogenated alkanes) is 1. The molecule has 0 saturated carbocycles. The van der Waals surface area contributed by atoms with Gasteiger partial charge in [-0.3, -0.25) is 29.0 Å². The molecular formula is C26H47N9O8. The number of aliphatic carboxylic acids is 2. The lowest BCUT2D eigenvalue weighted by Crippen LogP contribution is -2.59. The van der Waals surface area contributed by atoms with Crippen molar-refractivity contribution in [3.8, 4) is 0 Å². The Balaban J connectivity index is 3.00. The van der Waals surface area contributed by atoms with Crippen molar-refractivity contribution in [2.45, 2.75) is 95.4 Å². The van der Waals surface area contributed by atoms with Crippen LogP contribution in [0.5, 0.6) is 0 Å². The van der Waals surface area contributed by atoms with Crippen LogP contribution < -0.4 is 38.9 Å². The highest BCUT2D eigenvalue weighted by Crippen LogP contribution is 2.21. The number of hydrogen-bond acceptors (Lipinski definition) is 9. The van der Waals surface area contributed by atoms with Crippen molar-refractivity contribution in [1.29, 1.82) is 0 Å². The minimum Gasteiger partial charge on any atom is -0.481 e. The molecule has 1 aliphatic rings. The maximum atomic E-state index is 13.6. The monoisotopic (exact) mass is 613 g/mol. The van der Waals surface area contributed by atoms with Gasteiger partial charge in [-0.2, -0.15) is 0 Å². The Hall–Kier alpha value is -3.99. The molecule has 4 amide bonds. The third-order valence-corrected chi connectivity index (χ3v) is 6.94. The molecular weight excluding hydrogens is 566 g/mol. The summed E-state index contributed by atoms with van der Waals surface area (Å²) < 4.78 is 0. The maximum absolute atomic E-state index is 13.6. The standard InChI is InChI=1S/C26H47N9O8/c1-14(2)20(23(40)33-17(25(42)43)13-19(36)37)34-22(39)18-9-6-12-35(18)24(41)16(8-3-4-10-27)32-21(38)15(28)7-5-11-31-26(29)30/h14-18,20H,3-13,27-28H2,1-2H3,(H,32,38)(H,33,40)(H,34,39)(H,36,37)(H,42,43)(H4,29,30,31)/t15-,16-,17+,18-,20-/m0/s1. The first-order valence-corrected chi connectivity index (χ1v) is 14.4. The Morgan fingerprint density at radius 2 is 1.58 bits per heavy atom. The number of carbonyl (C=O) groups is 6. The number of likely N-dealkylation sites (tertiary alicyclic amines) is 1. The predicted molar refractivity (Wildman–Crippen MR) is 156 cm³/mol. The van der Waals surface area contributed by atoms with Gasteiger partial charge in [0.1, 0.15) is 24.2 Å². The first-order valence-electron chi connectivity index (χ1n) is 14.4. The molecule has 1 fully saturated rings. The van der Waals surface area contributed by atoms with Gasteiger partial charge in [0.15, 0.2) is 5.96 Å².